The Morgan fingerprint density at radius 1 is 1.15 bits per heavy atom. The minimum Gasteiger partial charge on any atom is -0.497 e. The largest absolute Gasteiger partial charge is 0.497 e. The summed E-state index contributed by atoms with van der Waals surface area (Å²) in [6.07, 6.45) is 7.33. The molecule has 2 aromatic carbocycles. The Labute approximate surface area is 242 Å². The van der Waals surface area contributed by atoms with Gasteiger partial charge in [0.25, 0.3) is 0 Å². The van der Waals surface area contributed by atoms with Gasteiger partial charge in [-0.15, -0.1) is 0 Å². The number of carbonyl (C=O) groups is 1. The maximum atomic E-state index is 12.4. The van der Waals surface area contributed by atoms with Gasteiger partial charge in [0.05, 0.1) is 23.8 Å². The third kappa shape index (κ3) is 6.47. The van der Waals surface area contributed by atoms with Crippen molar-refractivity contribution in [3.63, 3.8) is 0 Å². The predicted octanol–water partition coefficient (Wildman–Crippen LogP) is 7.23. The number of aromatic nitrogens is 1. The standard InChI is InChI=1S/C32H41ClN4O3/c1-21(8-7-13-36-14-16-37(17-15-36)31(38)40-32(2,3)4)34-29-25-12-11-23(33)18-28(25)35-30-26(22-9-6-10-22)19-24(39-5)20-27(29)30/h6,9,11-12,18-22H,7-8,10,13-17H2,1-5H3,(H,34,35). The van der Waals surface area contributed by atoms with Gasteiger partial charge in [-0.25, -0.2) is 9.78 Å². The summed E-state index contributed by atoms with van der Waals surface area (Å²) in [4.78, 5) is 21.7. The summed E-state index contributed by atoms with van der Waals surface area (Å²) < 4.78 is 11.2. The molecule has 5 rings (SSSR count). The first-order valence-corrected chi connectivity index (χ1v) is 14.7. The lowest BCUT2D eigenvalue weighted by atomic mass is 9.86. The Morgan fingerprint density at radius 3 is 2.55 bits per heavy atom. The summed E-state index contributed by atoms with van der Waals surface area (Å²) in [6.45, 7) is 12.1. The first-order chi connectivity index (χ1) is 19.1. The smallest absolute Gasteiger partial charge is 0.410 e. The lowest BCUT2D eigenvalue weighted by Gasteiger charge is -2.35. The van der Waals surface area contributed by atoms with Crippen LogP contribution in [-0.4, -0.2) is 72.4 Å². The number of halogens is 1. The highest BCUT2D eigenvalue weighted by molar-refractivity contribution is 6.31. The zero-order valence-electron chi connectivity index (χ0n) is 24.3. The number of hydrogen-bond acceptors (Lipinski definition) is 6. The number of piperazine rings is 1. The van der Waals surface area contributed by atoms with Crippen molar-refractivity contribution in [2.24, 2.45) is 0 Å². The number of amides is 1. The minimum absolute atomic E-state index is 0.212. The molecular weight excluding hydrogens is 524 g/mol. The Morgan fingerprint density at radius 2 is 1.90 bits per heavy atom. The van der Waals surface area contributed by atoms with Gasteiger partial charge < -0.3 is 19.7 Å². The van der Waals surface area contributed by atoms with Crippen molar-refractivity contribution in [3.05, 3.63) is 53.1 Å². The monoisotopic (exact) mass is 564 g/mol. The summed E-state index contributed by atoms with van der Waals surface area (Å²) >= 11 is 6.39. The molecule has 8 heteroatoms. The van der Waals surface area contributed by atoms with E-state index in [0.29, 0.717) is 24.0 Å². The second-order valence-corrected chi connectivity index (χ2v) is 12.5. The van der Waals surface area contributed by atoms with Crippen LogP contribution in [0.15, 0.2) is 42.5 Å². The van der Waals surface area contributed by atoms with E-state index in [1.807, 2.05) is 37.8 Å². The lowest BCUT2D eigenvalue weighted by molar-refractivity contribution is 0.0144. The molecule has 40 heavy (non-hydrogen) atoms. The van der Waals surface area contributed by atoms with Crippen molar-refractivity contribution in [2.45, 2.75) is 64.5 Å². The number of carbonyl (C=O) groups excluding carboxylic acids is 1. The Bertz CT molecular complexity index is 1410. The van der Waals surface area contributed by atoms with Crippen LogP contribution in [0.5, 0.6) is 5.75 Å². The fourth-order valence-electron chi connectivity index (χ4n) is 5.50. The van der Waals surface area contributed by atoms with Crippen molar-refractivity contribution in [3.8, 4) is 5.75 Å². The van der Waals surface area contributed by atoms with Crippen LogP contribution in [0.3, 0.4) is 0 Å². The molecule has 1 aromatic heterocycles. The van der Waals surface area contributed by atoms with Crippen LogP contribution in [-0.2, 0) is 4.74 Å². The molecule has 0 spiro atoms. The van der Waals surface area contributed by atoms with E-state index in [-0.39, 0.29) is 12.1 Å². The van der Waals surface area contributed by atoms with Gasteiger partial charge in [-0.2, -0.15) is 0 Å². The Kier molecular flexibility index (Phi) is 8.43. The molecule has 214 valence electrons. The maximum Gasteiger partial charge on any atom is 0.410 e. The number of nitrogens with one attached hydrogen (secondary N) is 1. The SMILES string of the molecule is COc1cc(C2C=CC2)c2nc3cc(Cl)ccc3c(NC(C)CCCN3CCN(C(=O)OC(C)(C)C)CC3)c2c1. The van der Waals surface area contributed by atoms with Crippen LogP contribution in [0.25, 0.3) is 21.8 Å². The number of rotatable bonds is 8. The molecule has 1 aliphatic carbocycles. The highest BCUT2D eigenvalue weighted by Gasteiger charge is 2.26. The molecule has 1 aliphatic heterocycles. The van der Waals surface area contributed by atoms with Crippen LogP contribution in [0, 0.1) is 0 Å². The first kappa shape index (κ1) is 28.5. The van der Waals surface area contributed by atoms with Crippen molar-refractivity contribution >= 4 is 45.2 Å². The summed E-state index contributed by atoms with van der Waals surface area (Å²) in [5.74, 6) is 1.20. The summed E-state index contributed by atoms with van der Waals surface area (Å²) in [7, 11) is 1.72. The molecule has 2 heterocycles. The van der Waals surface area contributed by atoms with Crippen LogP contribution in [0.4, 0.5) is 10.5 Å². The van der Waals surface area contributed by atoms with E-state index in [4.69, 9.17) is 26.1 Å². The topological polar surface area (TPSA) is 66.9 Å². The Balaban J connectivity index is 1.28. The molecular formula is C32H41ClN4O3. The van der Waals surface area contributed by atoms with Gasteiger partial charge in [0, 0.05) is 53.9 Å². The molecule has 0 radical (unpaired) electrons. The van der Waals surface area contributed by atoms with Crippen molar-refractivity contribution in [2.75, 3.05) is 45.2 Å². The van der Waals surface area contributed by atoms with Gasteiger partial charge >= 0.3 is 6.09 Å². The van der Waals surface area contributed by atoms with E-state index >= 15 is 0 Å². The second kappa shape index (κ2) is 11.8. The van der Waals surface area contributed by atoms with Gasteiger partial charge in [0.15, 0.2) is 0 Å². The van der Waals surface area contributed by atoms with E-state index < -0.39 is 5.60 Å². The fourth-order valence-corrected chi connectivity index (χ4v) is 5.66. The molecule has 7 nitrogen and oxygen atoms in total. The third-order valence-corrected chi connectivity index (χ3v) is 8.00. The summed E-state index contributed by atoms with van der Waals surface area (Å²) in [5, 5.41) is 6.66. The minimum atomic E-state index is -0.462. The molecule has 2 atom stereocenters. The molecule has 0 bridgehead atoms. The quantitative estimate of drug-likeness (QED) is 0.230. The summed E-state index contributed by atoms with van der Waals surface area (Å²) in [5.41, 5.74) is 3.71. The lowest BCUT2D eigenvalue weighted by Crippen LogP contribution is -2.50. The molecule has 0 saturated carbocycles. The maximum absolute atomic E-state index is 12.4. The molecule has 3 aromatic rings. The number of ether oxygens (including phenoxy) is 2. The first-order valence-electron chi connectivity index (χ1n) is 14.4. The van der Waals surface area contributed by atoms with Crippen LogP contribution in [0.2, 0.25) is 5.02 Å². The van der Waals surface area contributed by atoms with Crippen molar-refractivity contribution in [1.82, 2.24) is 14.8 Å². The number of hydrogen-bond donors (Lipinski definition) is 1. The van der Waals surface area contributed by atoms with Crippen LogP contribution >= 0.6 is 11.6 Å². The summed E-state index contributed by atoms with van der Waals surface area (Å²) in [6, 6.07) is 10.4. The molecule has 1 fully saturated rings. The number of benzene rings is 2. The Hall–Kier alpha value is -3.03. The van der Waals surface area contributed by atoms with Gasteiger partial charge in [-0.1, -0.05) is 23.8 Å². The second-order valence-electron chi connectivity index (χ2n) is 12.0. The van der Waals surface area contributed by atoms with Crippen molar-refractivity contribution < 1.29 is 14.3 Å². The third-order valence-electron chi connectivity index (χ3n) is 7.76. The van der Waals surface area contributed by atoms with Gasteiger partial charge in [-0.05, 0) is 89.4 Å². The molecule has 2 unspecified atom stereocenters. The van der Waals surface area contributed by atoms with E-state index in [1.165, 1.54) is 5.56 Å². The highest BCUT2D eigenvalue weighted by Crippen LogP contribution is 2.41. The normalized spacial score (nSPS) is 18.6. The number of anilines is 1. The van der Waals surface area contributed by atoms with Gasteiger partial charge in [-0.3, -0.25) is 4.90 Å². The molecule has 1 amide bonds. The van der Waals surface area contributed by atoms with Gasteiger partial charge in [0.2, 0.25) is 0 Å². The highest BCUT2D eigenvalue weighted by atomic mass is 35.5. The molecule has 2 aliphatic rings. The number of methoxy groups -OCH3 is 1. The predicted molar refractivity (Wildman–Crippen MR) is 164 cm³/mol. The van der Waals surface area contributed by atoms with E-state index in [1.54, 1.807) is 7.11 Å². The van der Waals surface area contributed by atoms with Crippen molar-refractivity contribution in [1.29, 1.82) is 0 Å². The average molecular weight is 565 g/mol. The van der Waals surface area contributed by atoms with Crippen LogP contribution in [0.1, 0.15) is 58.4 Å². The number of allylic oxidation sites excluding steroid dienone is 2. The molecule has 1 saturated heterocycles. The number of nitrogens with zero attached hydrogens (tertiary/aromatic N) is 3. The van der Waals surface area contributed by atoms with E-state index in [0.717, 1.165) is 72.1 Å². The average Bonchev–Trinajstić information content (AvgIpc) is 2.87. The van der Waals surface area contributed by atoms with E-state index in [2.05, 4.69) is 47.5 Å². The number of fused-ring (bicyclic) bond motifs is 2. The van der Waals surface area contributed by atoms with Gasteiger partial charge in [0.1, 0.15) is 11.4 Å². The van der Waals surface area contributed by atoms with Crippen LogP contribution < -0.4 is 10.1 Å². The zero-order chi connectivity index (χ0) is 28.4. The molecule has 1 N–H and O–H groups in total. The zero-order valence-corrected chi connectivity index (χ0v) is 25.1. The fraction of sp³-hybridized carbons (Fsp3) is 0.500. The number of pyridine rings is 1. The van der Waals surface area contributed by atoms with E-state index in [9.17, 15) is 4.79 Å².